The van der Waals surface area contributed by atoms with Crippen LogP contribution in [0.4, 0.5) is 0 Å². The van der Waals surface area contributed by atoms with Crippen molar-refractivity contribution in [2.45, 2.75) is 51.2 Å². The Hall–Kier alpha value is -0.730. The van der Waals surface area contributed by atoms with Crippen molar-refractivity contribution in [3.8, 4) is 5.75 Å². The van der Waals surface area contributed by atoms with Crippen LogP contribution in [0.5, 0.6) is 5.75 Å². The second-order valence-corrected chi connectivity index (χ2v) is 5.97. The van der Waals surface area contributed by atoms with E-state index in [9.17, 15) is 0 Å². The van der Waals surface area contributed by atoms with Crippen molar-refractivity contribution < 1.29 is 4.74 Å². The molecule has 0 saturated carbocycles. The van der Waals surface area contributed by atoms with Gasteiger partial charge < -0.3 is 10.1 Å². The number of rotatable bonds is 2. The highest BCUT2D eigenvalue weighted by molar-refractivity contribution is 6.30. The van der Waals surface area contributed by atoms with Gasteiger partial charge in [-0.15, -0.1) is 0 Å². The molecule has 0 aliphatic carbocycles. The van der Waals surface area contributed by atoms with Gasteiger partial charge in [0, 0.05) is 17.5 Å². The van der Waals surface area contributed by atoms with Crippen molar-refractivity contribution in [1.82, 2.24) is 5.32 Å². The molecule has 2 atom stereocenters. The molecule has 3 heteroatoms. The Kier molecular flexibility index (Phi) is 3.49. The lowest BCUT2D eigenvalue weighted by atomic mass is 9.96. The number of nitrogens with one attached hydrogen (secondary N) is 1. The van der Waals surface area contributed by atoms with Gasteiger partial charge in [0.05, 0.1) is 0 Å². The zero-order valence-corrected chi connectivity index (χ0v) is 11.6. The fourth-order valence-electron chi connectivity index (χ4n) is 3.08. The molecule has 1 aromatic rings. The summed E-state index contributed by atoms with van der Waals surface area (Å²) in [5.74, 6) is 1.10. The van der Waals surface area contributed by atoms with Gasteiger partial charge in [0.2, 0.25) is 0 Å². The van der Waals surface area contributed by atoms with E-state index < -0.39 is 0 Å². The van der Waals surface area contributed by atoms with E-state index in [1.165, 1.54) is 30.4 Å². The average molecular weight is 266 g/mol. The van der Waals surface area contributed by atoms with Gasteiger partial charge in [-0.1, -0.05) is 18.0 Å². The first-order chi connectivity index (χ1) is 8.72. The number of hydrogen-bond donors (Lipinski definition) is 1. The van der Waals surface area contributed by atoms with E-state index in [1.807, 2.05) is 0 Å². The number of ether oxygens (including phenoxy) is 1. The Bertz CT molecular complexity index is 440. The maximum Gasteiger partial charge on any atom is 0.126 e. The van der Waals surface area contributed by atoms with Crippen molar-refractivity contribution in [1.29, 1.82) is 0 Å². The van der Waals surface area contributed by atoms with Crippen molar-refractivity contribution in [3.63, 3.8) is 0 Å². The van der Waals surface area contributed by atoms with Crippen molar-refractivity contribution in [2.24, 2.45) is 0 Å². The van der Waals surface area contributed by atoms with Crippen LogP contribution in [-0.2, 0) is 12.8 Å². The van der Waals surface area contributed by atoms with Gasteiger partial charge in [-0.05, 0) is 56.0 Å². The molecule has 1 saturated heterocycles. The number of hydrogen-bond acceptors (Lipinski definition) is 2. The minimum absolute atomic E-state index is 0.288. The van der Waals surface area contributed by atoms with Crippen LogP contribution < -0.4 is 10.1 Å². The molecule has 98 valence electrons. The maximum absolute atomic E-state index is 6.22. The Labute approximate surface area is 114 Å². The summed E-state index contributed by atoms with van der Waals surface area (Å²) in [4.78, 5) is 0. The largest absolute Gasteiger partial charge is 0.490 e. The minimum atomic E-state index is 0.288. The number of halogens is 1. The second kappa shape index (κ2) is 5.10. The van der Waals surface area contributed by atoms with E-state index in [2.05, 4.69) is 24.4 Å². The van der Waals surface area contributed by atoms with Gasteiger partial charge in [0.1, 0.15) is 11.9 Å². The number of fused-ring (bicyclic) bond motifs is 1. The minimum Gasteiger partial charge on any atom is -0.490 e. The monoisotopic (exact) mass is 265 g/mol. The molecule has 1 aromatic carbocycles. The summed E-state index contributed by atoms with van der Waals surface area (Å²) >= 11 is 6.22. The molecule has 0 spiro atoms. The highest BCUT2D eigenvalue weighted by Gasteiger charge is 2.24. The first-order valence-electron chi connectivity index (χ1n) is 6.93. The fourth-order valence-corrected chi connectivity index (χ4v) is 3.35. The van der Waals surface area contributed by atoms with Crippen LogP contribution in [0.25, 0.3) is 0 Å². The van der Waals surface area contributed by atoms with Crippen molar-refractivity contribution >= 4 is 11.6 Å². The number of benzene rings is 1. The van der Waals surface area contributed by atoms with Gasteiger partial charge in [0.25, 0.3) is 0 Å². The molecule has 18 heavy (non-hydrogen) atoms. The molecular formula is C15H20ClNO. The van der Waals surface area contributed by atoms with Crippen LogP contribution in [0.1, 0.15) is 37.3 Å². The normalized spacial score (nSPS) is 26.8. The molecule has 1 fully saturated rings. The predicted molar refractivity (Wildman–Crippen MR) is 74.6 cm³/mol. The van der Waals surface area contributed by atoms with E-state index in [-0.39, 0.29) is 6.10 Å². The summed E-state index contributed by atoms with van der Waals surface area (Å²) in [6.07, 6.45) is 6.21. The first-order valence-corrected chi connectivity index (χ1v) is 7.31. The van der Waals surface area contributed by atoms with Crippen LogP contribution in [0.3, 0.4) is 0 Å². The van der Waals surface area contributed by atoms with Gasteiger partial charge in [-0.3, -0.25) is 0 Å². The predicted octanol–water partition coefficient (Wildman–Crippen LogP) is 3.35. The third kappa shape index (κ3) is 2.50. The van der Waals surface area contributed by atoms with Gasteiger partial charge in [0.15, 0.2) is 0 Å². The van der Waals surface area contributed by atoms with Crippen LogP contribution in [0.15, 0.2) is 12.1 Å². The van der Waals surface area contributed by atoms with Crippen molar-refractivity contribution in [3.05, 3.63) is 28.3 Å². The van der Waals surface area contributed by atoms with Gasteiger partial charge in [-0.2, -0.15) is 0 Å². The van der Waals surface area contributed by atoms with E-state index in [0.717, 1.165) is 30.2 Å². The summed E-state index contributed by atoms with van der Waals surface area (Å²) in [5, 5.41) is 4.44. The first kappa shape index (κ1) is 12.3. The summed E-state index contributed by atoms with van der Waals surface area (Å²) in [6, 6.07) is 4.72. The lowest BCUT2D eigenvalue weighted by Crippen LogP contribution is -2.35. The number of piperidine rings is 1. The summed E-state index contributed by atoms with van der Waals surface area (Å²) in [6.45, 7) is 3.27. The van der Waals surface area contributed by atoms with Crippen molar-refractivity contribution in [2.75, 3.05) is 6.54 Å². The second-order valence-electron chi connectivity index (χ2n) is 5.54. The molecular weight excluding hydrogens is 246 g/mol. The van der Waals surface area contributed by atoms with E-state index in [4.69, 9.17) is 16.3 Å². The molecule has 2 nitrogen and oxygen atoms in total. The standard InChI is InChI=1S/C15H20ClNO/c1-10-6-11-7-13(16)8-12(15(11)18-10)9-14-4-2-3-5-17-14/h7-8,10,14,17H,2-6,9H2,1H3. The molecule has 2 unspecified atom stereocenters. The molecule has 0 radical (unpaired) electrons. The van der Waals surface area contributed by atoms with Crippen LogP contribution >= 0.6 is 11.6 Å². The highest BCUT2D eigenvalue weighted by Crippen LogP contribution is 2.36. The molecule has 3 rings (SSSR count). The quantitative estimate of drug-likeness (QED) is 0.886. The SMILES string of the molecule is CC1Cc2cc(Cl)cc(CC3CCCCN3)c2O1. The third-order valence-corrected chi connectivity index (χ3v) is 4.13. The maximum atomic E-state index is 6.22. The lowest BCUT2D eigenvalue weighted by molar-refractivity contribution is 0.251. The van der Waals surface area contributed by atoms with Crippen LogP contribution in [-0.4, -0.2) is 18.7 Å². The highest BCUT2D eigenvalue weighted by atomic mass is 35.5. The Morgan fingerprint density at radius 2 is 2.28 bits per heavy atom. The van der Waals surface area contributed by atoms with Crippen LogP contribution in [0, 0.1) is 0 Å². The summed E-state index contributed by atoms with van der Waals surface area (Å²) < 4.78 is 5.95. The third-order valence-electron chi connectivity index (χ3n) is 3.91. The molecule has 1 N–H and O–H groups in total. The summed E-state index contributed by atoms with van der Waals surface area (Å²) in [7, 11) is 0. The fraction of sp³-hybridized carbons (Fsp3) is 0.600. The average Bonchev–Trinajstić information content (AvgIpc) is 2.71. The lowest BCUT2D eigenvalue weighted by Gasteiger charge is -2.24. The van der Waals surface area contributed by atoms with Gasteiger partial charge >= 0.3 is 0 Å². The molecule has 0 amide bonds. The van der Waals surface area contributed by atoms with E-state index >= 15 is 0 Å². The van der Waals surface area contributed by atoms with E-state index in [1.54, 1.807) is 0 Å². The van der Waals surface area contributed by atoms with Crippen LogP contribution in [0.2, 0.25) is 5.02 Å². The van der Waals surface area contributed by atoms with Gasteiger partial charge in [-0.25, -0.2) is 0 Å². The van der Waals surface area contributed by atoms with E-state index in [0.29, 0.717) is 6.04 Å². The molecule has 2 aliphatic heterocycles. The molecule has 0 bridgehead atoms. The zero-order valence-electron chi connectivity index (χ0n) is 10.8. The molecule has 0 aromatic heterocycles. The zero-order chi connectivity index (χ0) is 12.5. The smallest absolute Gasteiger partial charge is 0.126 e. The molecule has 2 aliphatic rings. The summed E-state index contributed by atoms with van der Waals surface area (Å²) in [5.41, 5.74) is 2.56. The topological polar surface area (TPSA) is 21.3 Å². The Morgan fingerprint density at radius 3 is 3.06 bits per heavy atom. The Balaban J connectivity index is 1.83. The molecule has 2 heterocycles. The Morgan fingerprint density at radius 1 is 1.39 bits per heavy atom.